The molecule has 1 aromatic carbocycles. The average Bonchev–Trinajstić information content (AvgIpc) is 3.08. The van der Waals surface area contributed by atoms with Crippen molar-refractivity contribution in [2.45, 2.75) is 30.6 Å². The highest BCUT2D eigenvalue weighted by Crippen LogP contribution is 2.47. The van der Waals surface area contributed by atoms with Crippen molar-refractivity contribution in [2.75, 3.05) is 24.7 Å². The zero-order chi connectivity index (χ0) is 18.5. The van der Waals surface area contributed by atoms with E-state index in [4.69, 9.17) is 5.73 Å². The van der Waals surface area contributed by atoms with Crippen molar-refractivity contribution in [3.05, 3.63) is 29.8 Å². The first kappa shape index (κ1) is 17.5. The SMILES string of the molecule is CC1CCN(CN2C(=O)C(O)(C3SC(N)=NC3=O)c3ccccc32)CC1. The molecule has 138 valence electrons. The van der Waals surface area contributed by atoms with Crippen LogP contribution in [0.3, 0.4) is 0 Å². The Labute approximate surface area is 156 Å². The Bertz CT molecular complexity index is 790. The second kappa shape index (κ2) is 6.37. The van der Waals surface area contributed by atoms with Gasteiger partial charge in [0.15, 0.2) is 10.8 Å². The quantitative estimate of drug-likeness (QED) is 0.814. The molecule has 2 atom stereocenters. The number of aliphatic hydroxyl groups is 1. The molecule has 3 aliphatic heterocycles. The van der Waals surface area contributed by atoms with E-state index in [-0.39, 0.29) is 5.17 Å². The molecule has 3 N–H and O–H groups in total. The average molecular weight is 374 g/mol. The zero-order valence-corrected chi connectivity index (χ0v) is 15.4. The molecular weight excluding hydrogens is 352 g/mol. The Hall–Kier alpha value is -1.90. The van der Waals surface area contributed by atoms with Crippen LogP contribution in [0.25, 0.3) is 0 Å². The standard InChI is InChI=1S/C18H22N4O3S/c1-11-6-8-21(9-7-11)10-22-13-5-3-2-4-12(13)18(25,16(22)24)14-15(23)20-17(19)26-14/h2-5,11,14,25H,6-10H2,1H3,(H2,19,20,23). The summed E-state index contributed by atoms with van der Waals surface area (Å²) in [5, 5.41) is 10.4. The second-order valence-electron chi connectivity index (χ2n) is 7.24. The summed E-state index contributed by atoms with van der Waals surface area (Å²) in [4.78, 5) is 33.0. The third-order valence-corrected chi connectivity index (χ3v) is 6.57. The number of carbonyl (C=O) groups is 2. The van der Waals surface area contributed by atoms with Crippen molar-refractivity contribution in [3.8, 4) is 0 Å². The number of likely N-dealkylation sites (tertiary alicyclic amines) is 1. The third-order valence-electron chi connectivity index (χ3n) is 5.46. The van der Waals surface area contributed by atoms with Crippen LogP contribution in [0.4, 0.5) is 5.69 Å². The molecule has 0 radical (unpaired) electrons. The van der Waals surface area contributed by atoms with Gasteiger partial charge in [-0.25, -0.2) is 0 Å². The number of rotatable bonds is 3. The van der Waals surface area contributed by atoms with Crippen LogP contribution >= 0.6 is 11.8 Å². The highest BCUT2D eigenvalue weighted by atomic mass is 32.2. The van der Waals surface area contributed by atoms with Gasteiger partial charge in [0.2, 0.25) is 0 Å². The Morgan fingerprint density at radius 1 is 1.31 bits per heavy atom. The minimum Gasteiger partial charge on any atom is -0.378 e. The van der Waals surface area contributed by atoms with Crippen LogP contribution < -0.4 is 10.6 Å². The van der Waals surface area contributed by atoms with Gasteiger partial charge in [0.05, 0.1) is 12.4 Å². The summed E-state index contributed by atoms with van der Waals surface area (Å²) in [7, 11) is 0. The monoisotopic (exact) mass is 374 g/mol. The molecule has 26 heavy (non-hydrogen) atoms. The number of para-hydroxylation sites is 1. The molecule has 0 spiro atoms. The Morgan fingerprint density at radius 2 is 2.00 bits per heavy atom. The summed E-state index contributed by atoms with van der Waals surface area (Å²) in [6, 6.07) is 7.11. The van der Waals surface area contributed by atoms with Gasteiger partial charge in [0, 0.05) is 18.7 Å². The van der Waals surface area contributed by atoms with Crippen molar-refractivity contribution < 1.29 is 14.7 Å². The summed E-state index contributed by atoms with van der Waals surface area (Å²) >= 11 is 0.953. The smallest absolute Gasteiger partial charge is 0.266 e. The molecule has 0 saturated carbocycles. The molecule has 0 bridgehead atoms. The minimum absolute atomic E-state index is 0.0853. The van der Waals surface area contributed by atoms with Crippen LogP contribution in [0.5, 0.6) is 0 Å². The number of amidine groups is 1. The number of anilines is 1. The van der Waals surface area contributed by atoms with Crippen molar-refractivity contribution in [2.24, 2.45) is 16.6 Å². The van der Waals surface area contributed by atoms with Gasteiger partial charge in [-0.15, -0.1) is 0 Å². The number of thioether (sulfide) groups is 1. The minimum atomic E-state index is -1.94. The number of fused-ring (bicyclic) bond motifs is 1. The first-order chi connectivity index (χ1) is 12.4. The summed E-state index contributed by atoms with van der Waals surface area (Å²) in [6.07, 6.45) is 2.19. The molecule has 4 rings (SSSR count). The molecule has 3 aliphatic rings. The fourth-order valence-corrected chi connectivity index (χ4v) is 4.82. The molecular formula is C18H22N4O3S. The van der Waals surface area contributed by atoms with Gasteiger partial charge in [-0.3, -0.25) is 19.4 Å². The summed E-state index contributed by atoms with van der Waals surface area (Å²) in [6.45, 7) is 4.48. The van der Waals surface area contributed by atoms with E-state index < -0.39 is 22.7 Å². The van der Waals surface area contributed by atoms with Gasteiger partial charge in [-0.1, -0.05) is 36.9 Å². The number of amides is 2. The summed E-state index contributed by atoms with van der Waals surface area (Å²) in [5.41, 5.74) is 4.81. The third kappa shape index (κ3) is 2.64. The molecule has 0 aromatic heterocycles. The molecule has 1 fully saturated rings. The Kier molecular flexibility index (Phi) is 4.29. The molecule has 0 aliphatic carbocycles. The fourth-order valence-electron chi connectivity index (χ4n) is 3.89. The number of hydrogen-bond acceptors (Lipinski definition) is 6. The van der Waals surface area contributed by atoms with Crippen molar-refractivity contribution in [1.82, 2.24) is 4.90 Å². The van der Waals surface area contributed by atoms with E-state index >= 15 is 0 Å². The Morgan fingerprint density at radius 3 is 2.65 bits per heavy atom. The highest BCUT2D eigenvalue weighted by molar-refractivity contribution is 8.15. The van der Waals surface area contributed by atoms with E-state index in [0.29, 0.717) is 23.8 Å². The number of benzene rings is 1. The topological polar surface area (TPSA) is 99.2 Å². The van der Waals surface area contributed by atoms with E-state index in [1.165, 1.54) is 0 Å². The van der Waals surface area contributed by atoms with Crippen molar-refractivity contribution in [1.29, 1.82) is 0 Å². The van der Waals surface area contributed by atoms with E-state index in [0.717, 1.165) is 37.7 Å². The maximum absolute atomic E-state index is 13.3. The van der Waals surface area contributed by atoms with E-state index in [2.05, 4.69) is 16.8 Å². The van der Waals surface area contributed by atoms with E-state index in [1.54, 1.807) is 17.0 Å². The van der Waals surface area contributed by atoms with Gasteiger partial charge >= 0.3 is 0 Å². The largest absolute Gasteiger partial charge is 0.378 e. The molecule has 1 aromatic rings. The Balaban J connectivity index is 1.66. The molecule has 2 amide bonds. The maximum atomic E-state index is 13.3. The lowest BCUT2D eigenvalue weighted by Gasteiger charge is -2.34. The lowest BCUT2D eigenvalue weighted by molar-refractivity contribution is -0.140. The van der Waals surface area contributed by atoms with Gasteiger partial charge in [-0.05, 0) is 24.8 Å². The molecule has 2 unspecified atom stereocenters. The first-order valence-corrected chi connectivity index (χ1v) is 9.70. The van der Waals surface area contributed by atoms with E-state index in [1.807, 2.05) is 12.1 Å². The van der Waals surface area contributed by atoms with Crippen LogP contribution in [-0.4, -0.2) is 52.0 Å². The number of carbonyl (C=O) groups excluding carboxylic acids is 2. The lowest BCUT2D eigenvalue weighted by atomic mass is 9.91. The predicted molar refractivity (Wildman–Crippen MR) is 101 cm³/mol. The molecule has 1 saturated heterocycles. The van der Waals surface area contributed by atoms with Crippen molar-refractivity contribution in [3.63, 3.8) is 0 Å². The lowest BCUT2D eigenvalue weighted by Crippen LogP contribution is -2.52. The molecule has 3 heterocycles. The number of piperidine rings is 1. The number of aliphatic imine (C=N–C) groups is 1. The number of nitrogens with zero attached hydrogens (tertiary/aromatic N) is 3. The van der Waals surface area contributed by atoms with Gasteiger partial charge < -0.3 is 10.8 Å². The number of nitrogens with two attached hydrogens (primary N) is 1. The maximum Gasteiger partial charge on any atom is 0.266 e. The highest BCUT2D eigenvalue weighted by Gasteiger charge is 2.59. The predicted octanol–water partition coefficient (Wildman–Crippen LogP) is 0.867. The summed E-state index contributed by atoms with van der Waals surface area (Å²) in [5.74, 6) is -0.350. The van der Waals surface area contributed by atoms with Gasteiger partial charge in [0.1, 0.15) is 5.25 Å². The molecule has 7 nitrogen and oxygen atoms in total. The van der Waals surface area contributed by atoms with E-state index in [9.17, 15) is 14.7 Å². The van der Waals surface area contributed by atoms with Crippen LogP contribution in [-0.2, 0) is 15.2 Å². The van der Waals surface area contributed by atoms with Crippen LogP contribution in [0.2, 0.25) is 0 Å². The zero-order valence-electron chi connectivity index (χ0n) is 14.6. The normalized spacial score (nSPS) is 30.0. The number of hydrogen-bond donors (Lipinski definition) is 2. The fraction of sp³-hybridized carbons (Fsp3) is 0.500. The van der Waals surface area contributed by atoms with Crippen molar-refractivity contribution >= 4 is 34.4 Å². The summed E-state index contributed by atoms with van der Waals surface area (Å²) < 4.78 is 0. The van der Waals surface area contributed by atoms with Gasteiger partial charge in [-0.2, -0.15) is 4.99 Å². The second-order valence-corrected chi connectivity index (χ2v) is 8.37. The first-order valence-electron chi connectivity index (χ1n) is 8.82. The van der Waals surface area contributed by atoms with Crippen LogP contribution in [0.1, 0.15) is 25.3 Å². The van der Waals surface area contributed by atoms with Crippen LogP contribution in [0.15, 0.2) is 29.3 Å². The van der Waals surface area contributed by atoms with Crippen LogP contribution in [0, 0.1) is 5.92 Å². The van der Waals surface area contributed by atoms with Gasteiger partial charge in [0.25, 0.3) is 11.8 Å². The molecule has 8 heteroatoms.